The minimum absolute atomic E-state index is 0. The minimum atomic E-state index is -1.07. The summed E-state index contributed by atoms with van der Waals surface area (Å²) in [7, 11) is 0. The van der Waals surface area contributed by atoms with Gasteiger partial charge < -0.3 is 9.90 Å². The maximum Gasteiger partial charge on any atom is 1.00 e. The average Bonchev–Trinajstić information content (AvgIpc) is 2.55. The summed E-state index contributed by atoms with van der Waals surface area (Å²) in [5.74, 6) is -1.07. The molecule has 0 atom stereocenters. The first-order valence-corrected chi connectivity index (χ1v) is 7.45. The van der Waals surface area contributed by atoms with E-state index in [0.29, 0.717) is 13.1 Å². The molecule has 0 fully saturated rings. The molecule has 24 heavy (non-hydrogen) atoms. The quantitative estimate of drug-likeness (QED) is 0.619. The molecule has 0 spiro atoms. The Hall–Kier alpha value is -1.01. The molecule has 0 aliphatic heterocycles. The Balaban J connectivity index is 0.00000288. The monoisotopic (exact) mass is 345 g/mol. The van der Waals surface area contributed by atoms with Gasteiger partial charge in [0, 0.05) is 19.6 Å². The van der Waals surface area contributed by atoms with Gasteiger partial charge in [-0.2, -0.15) is 0 Å². The van der Waals surface area contributed by atoms with Gasteiger partial charge in [0.25, 0.3) is 0 Å². The number of carboxylic acids is 1. The zero-order valence-corrected chi connectivity index (χ0v) is 17.2. The molecule has 2 rings (SSSR count). The maximum atomic E-state index is 11.0. The molecule has 0 unspecified atom stereocenters. The molecule has 0 amide bonds. The number of nitrogens with zero attached hydrogens (tertiary/aromatic N) is 1. The SMILES string of the molecule is C=Cc1ccc(CN(CC(=O)[O-])Cc2ccc(C=C)cc2)cc1.[K+]. The van der Waals surface area contributed by atoms with Gasteiger partial charge in [0.1, 0.15) is 0 Å². The van der Waals surface area contributed by atoms with Gasteiger partial charge in [0.2, 0.25) is 0 Å². The summed E-state index contributed by atoms with van der Waals surface area (Å²) in [5.41, 5.74) is 4.19. The molecule has 2 aromatic carbocycles. The van der Waals surface area contributed by atoms with E-state index in [4.69, 9.17) is 0 Å². The molecule has 0 aliphatic rings. The zero-order valence-electron chi connectivity index (χ0n) is 14.1. The Morgan fingerprint density at radius 2 is 1.25 bits per heavy atom. The van der Waals surface area contributed by atoms with E-state index < -0.39 is 5.97 Å². The van der Waals surface area contributed by atoms with Gasteiger partial charge in [-0.25, -0.2) is 0 Å². The summed E-state index contributed by atoms with van der Waals surface area (Å²) < 4.78 is 0. The average molecular weight is 345 g/mol. The predicted molar refractivity (Wildman–Crippen MR) is 92.2 cm³/mol. The molecular weight excluding hydrogens is 325 g/mol. The first-order valence-electron chi connectivity index (χ1n) is 7.45. The topological polar surface area (TPSA) is 43.4 Å². The molecule has 3 nitrogen and oxygen atoms in total. The molecule has 0 aromatic heterocycles. The molecule has 118 valence electrons. The van der Waals surface area contributed by atoms with Crippen LogP contribution in [0, 0.1) is 0 Å². The number of hydrogen-bond donors (Lipinski definition) is 0. The summed E-state index contributed by atoms with van der Waals surface area (Å²) in [6, 6.07) is 15.8. The summed E-state index contributed by atoms with van der Waals surface area (Å²) in [6.45, 7) is 8.45. The summed E-state index contributed by atoms with van der Waals surface area (Å²) in [4.78, 5) is 12.9. The second-order valence-corrected chi connectivity index (χ2v) is 5.41. The first kappa shape index (κ1) is 21.0. The van der Waals surface area contributed by atoms with Crippen LogP contribution in [0.3, 0.4) is 0 Å². The Morgan fingerprint density at radius 1 is 0.875 bits per heavy atom. The summed E-state index contributed by atoms with van der Waals surface area (Å²) in [6.07, 6.45) is 3.56. The number of aliphatic carboxylic acids is 1. The van der Waals surface area contributed by atoms with Gasteiger partial charge in [-0.1, -0.05) is 73.8 Å². The van der Waals surface area contributed by atoms with Gasteiger partial charge >= 0.3 is 51.4 Å². The Labute approximate surface area is 186 Å². The van der Waals surface area contributed by atoms with Crippen molar-refractivity contribution in [2.24, 2.45) is 0 Å². The van der Waals surface area contributed by atoms with Crippen LogP contribution in [-0.4, -0.2) is 17.4 Å². The van der Waals surface area contributed by atoms with Gasteiger partial charge in [-0.3, -0.25) is 4.90 Å². The number of rotatable bonds is 8. The van der Waals surface area contributed by atoms with Crippen LogP contribution in [0.2, 0.25) is 0 Å². The fourth-order valence-electron chi connectivity index (χ4n) is 2.38. The largest absolute Gasteiger partial charge is 1.00 e. The van der Waals surface area contributed by atoms with E-state index in [1.165, 1.54) is 0 Å². The molecule has 0 saturated carbocycles. The number of carboxylic acid groups (broad SMARTS) is 1. The van der Waals surface area contributed by atoms with Crippen LogP contribution in [0.1, 0.15) is 22.3 Å². The van der Waals surface area contributed by atoms with E-state index in [-0.39, 0.29) is 57.9 Å². The van der Waals surface area contributed by atoms with Gasteiger partial charge in [0.15, 0.2) is 0 Å². The molecule has 0 radical (unpaired) electrons. The van der Waals surface area contributed by atoms with Crippen molar-refractivity contribution in [1.29, 1.82) is 0 Å². The third-order valence-corrected chi connectivity index (χ3v) is 3.60. The van der Waals surface area contributed by atoms with E-state index in [1.54, 1.807) is 12.2 Å². The molecule has 0 aliphatic carbocycles. The molecule has 0 bridgehead atoms. The van der Waals surface area contributed by atoms with Crippen molar-refractivity contribution in [1.82, 2.24) is 4.90 Å². The smallest absolute Gasteiger partial charge is 0.549 e. The third-order valence-electron chi connectivity index (χ3n) is 3.60. The first-order chi connectivity index (χ1) is 11.1. The van der Waals surface area contributed by atoms with Crippen molar-refractivity contribution in [3.8, 4) is 0 Å². The van der Waals surface area contributed by atoms with Crippen LogP contribution < -0.4 is 56.5 Å². The van der Waals surface area contributed by atoms with Crippen LogP contribution in [0.15, 0.2) is 61.7 Å². The van der Waals surface area contributed by atoms with Crippen LogP contribution in [0.25, 0.3) is 12.2 Å². The molecule has 4 heteroatoms. The third kappa shape index (κ3) is 6.85. The van der Waals surface area contributed by atoms with E-state index in [2.05, 4.69) is 13.2 Å². The van der Waals surface area contributed by atoms with Crippen molar-refractivity contribution in [3.63, 3.8) is 0 Å². The van der Waals surface area contributed by atoms with Crippen molar-refractivity contribution in [2.75, 3.05) is 6.54 Å². The molecule has 0 saturated heterocycles. The van der Waals surface area contributed by atoms with Crippen molar-refractivity contribution >= 4 is 18.1 Å². The van der Waals surface area contributed by atoms with Crippen LogP contribution in [0.4, 0.5) is 0 Å². The number of benzene rings is 2. The van der Waals surface area contributed by atoms with Crippen LogP contribution >= 0.6 is 0 Å². The Morgan fingerprint density at radius 3 is 1.54 bits per heavy atom. The Bertz CT molecular complexity index is 624. The summed E-state index contributed by atoms with van der Waals surface area (Å²) in [5, 5.41) is 11.0. The fourth-order valence-corrected chi connectivity index (χ4v) is 2.38. The van der Waals surface area contributed by atoms with Crippen LogP contribution in [0.5, 0.6) is 0 Å². The standard InChI is InChI=1S/C20H21NO2.K/c1-3-16-5-9-18(10-6-16)13-21(15-20(22)23)14-19-11-7-17(4-2)8-12-19;/h3-12H,1-2,13-15H2,(H,22,23);/q;+1/p-1. The molecule has 2 aromatic rings. The van der Waals surface area contributed by atoms with E-state index in [1.807, 2.05) is 53.4 Å². The zero-order chi connectivity index (χ0) is 16.7. The number of carbonyl (C=O) groups excluding carboxylic acids is 1. The molecule has 0 N–H and O–H groups in total. The van der Waals surface area contributed by atoms with Crippen molar-refractivity contribution in [2.45, 2.75) is 13.1 Å². The van der Waals surface area contributed by atoms with Crippen molar-refractivity contribution in [3.05, 3.63) is 83.9 Å². The minimum Gasteiger partial charge on any atom is -0.549 e. The Kier molecular flexibility index (Phi) is 9.44. The normalized spacial score (nSPS) is 10.0. The second kappa shape index (κ2) is 10.8. The fraction of sp³-hybridized carbons (Fsp3) is 0.150. The van der Waals surface area contributed by atoms with Gasteiger partial charge in [-0.05, 0) is 22.3 Å². The molecule has 0 heterocycles. The summed E-state index contributed by atoms with van der Waals surface area (Å²) >= 11 is 0. The molecular formula is C20H20KNO2. The van der Waals surface area contributed by atoms with Crippen molar-refractivity contribution < 1.29 is 61.3 Å². The van der Waals surface area contributed by atoms with E-state index in [9.17, 15) is 9.90 Å². The van der Waals surface area contributed by atoms with E-state index in [0.717, 1.165) is 22.3 Å². The van der Waals surface area contributed by atoms with Gasteiger partial charge in [-0.15, -0.1) is 0 Å². The van der Waals surface area contributed by atoms with E-state index >= 15 is 0 Å². The maximum absolute atomic E-state index is 11.0. The number of hydrogen-bond acceptors (Lipinski definition) is 3. The van der Waals surface area contributed by atoms with Crippen LogP contribution in [-0.2, 0) is 17.9 Å². The second-order valence-electron chi connectivity index (χ2n) is 5.41. The van der Waals surface area contributed by atoms with Gasteiger partial charge in [0.05, 0.1) is 5.97 Å². The predicted octanol–water partition coefficient (Wildman–Crippen LogP) is -0.271. The number of carbonyl (C=O) groups is 1.